The fraction of sp³-hybridized carbons (Fsp3) is 0.483. The molecule has 1 aromatic heterocycles. The lowest BCUT2D eigenvalue weighted by Gasteiger charge is -2.54. The number of hydrogen-bond acceptors (Lipinski definition) is 6. The van der Waals surface area contributed by atoms with Crippen LogP contribution < -0.4 is 10.0 Å². The minimum atomic E-state index is -4.40. The molecule has 14 heteroatoms. The summed E-state index contributed by atoms with van der Waals surface area (Å²) in [6.45, 7) is 6.56. The monoisotopic (exact) mass is 654 g/mol. The summed E-state index contributed by atoms with van der Waals surface area (Å²) >= 11 is 12.6. The molecule has 2 atom stereocenters. The highest BCUT2D eigenvalue weighted by atomic mass is 35.5. The van der Waals surface area contributed by atoms with Crippen LogP contribution in [0.2, 0.25) is 10.0 Å². The molecular formula is C29H36Cl2N4O7S. The maximum atomic E-state index is 14.1. The molecule has 2 amide bonds. The number of aliphatic carboxylic acids is 1. The van der Waals surface area contributed by atoms with Gasteiger partial charge < -0.3 is 19.7 Å². The largest absolute Gasteiger partial charge is 0.478 e. The van der Waals surface area contributed by atoms with Gasteiger partial charge >= 0.3 is 22.3 Å². The van der Waals surface area contributed by atoms with Gasteiger partial charge in [-0.2, -0.15) is 12.7 Å². The van der Waals surface area contributed by atoms with Crippen molar-refractivity contribution in [2.75, 3.05) is 13.1 Å². The van der Waals surface area contributed by atoms with Gasteiger partial charge in [0.1, 0.15) is 11.3 Å². The van der Waals surface area contributed by atoms with Gasteiger partial charge in [-0.3, -0.25) is 4.79 Å². The molecule has 2 unspecified atom stereocenters. The van der Waals surface area contributed by atoms with Gasteiger partial charge in [-0.1, -0.05) is 48.4 Å². The molecule has 3 N–H and O–H groups in total. The van der Waals surface area contributed by atoms with E-state index in [2.05, 4.69) is 5.32 Å². The number of amides is 2. The highest BCUT2D eigenvalue weighted by molar-refractivity contribution is 7.87. The van der Waals surface area contributed by atoms with Crippen LogP contribution >= 0.6 is 23.2 Å². The molecule has 1 aromatic carbocycles. The normalized spacial score (nSPS) is 23.1. The predicted molar refractivity (Wildman–Crippen MR) is 164 cm³/mol. The van der Waals surface area contributed by atoms with Gasteiger partial charge in [0.05, 0.1) is 15.6 Å². The van der Waals surface area contributed by atoms with Crippen molar-refractivity contribution < 1.29 is 32.6 Å². The molecule has 1 saturated heterocycles. The minimum absolute atomic E-state index is 0.0551. The highest BCUT2D eigenvalue weighted by Gasteiger charge is 2.54. The zero-order chi connectivity index (χ0) is 32.0. The number of carbonyl (C=O) groups is 3. The summed E-state index contributed by atoms with van der Waals surface area (Å²) in [7, 11) is -2.70. The number of nitrogens with one attached hydrogen (secondary N) is 2. The lowest BCUT2D eigenvalue weighted by Crippen LogP contribution is -2.68. The number of allylic oxidation sites excluding steroid dienone is 2. The van der Waals surface area contributed by atoms with E-state index >= 15 is 0 Å². The summed E-state index contributed by atoms with van der Waals surface area (Å²) in [5.41, 5.74) is -2.10. The van der Waals surface area contributed by atoms with Gasteiger partial charge in [0.2, 0.25) is 0 Å². The summed E-state index contributed by atoms with van der Waals surface area (Å²) in [6.07, 6.45) is 4.97. The van der Waals surface area contributed by atoms with Crippen LogP contribution in [0, 0.1) is 5.41 Å². The smallest absolute Gasteiger partial charge is 0.422 e. The summed E-state index contributed by atoms with van der Waals surface area (Å²) in [4.78, 5) is 38.6. The Morgan fingerprint density at radius 2 is 1.88 bits per heavy atom. The first-order chi connectivity index (χ1) is 19.9. The van der Waals surface area contributed by atoms with Crippen LogP contribution in [0.15, 0.2) is 42.0 Å². The first kappa shape index (κ1) is 32.8. The van der Waals surface area contributed by atoms with Crippen molar-refractivity contribution in [1.82, 2.24) is 18.9 Å². The van der Waals surface area contributed by atoms with Crippen molar-refractivity contribution in [3.05, 3.63) is 57.7 Å². The number of ether oxygens (including phenoxy) is 1. The molecule has 4 rings (SSSR count). The molecule has 11 nitrogen and oxygen atoms in total. The number of hydrogen-bond donors (Lipinski definition) is 3. The quantitative estimate of drug-likeness (QED) is 0.372. The van der Waals surface area contributed by atoms with Crippen LogP contribution in [-0.4, -0.2) is 64.6 Å². The number of halogens is 2. The molecule has 1 aliphatic carbocycles. The fourth-order valence-corrected chi connectivity index (χ4v) is 7.56. The van der Waals surface area contributed by atoms with E-state index in [-0.39, 0.29) is 30.8 Å². The van der Waals surface area contributed by atoms with Crippen LogP contribution in [0.3, 0.4) is 0 Å². The average Bonchev–Trinajstić information content (AvgIpc) is 3.26. The summed E-state index contributed by atoms with van der Waals surface area (Å²) in [5.74, 6) is -1.60. The minimum Gasteiger partial charge on any atom is -0.478 e. The van der Waals surface area contributed by atoms with Gasteiger partial charge in [-0.15, -0.1) is 0 Å². The fourth-order valence-electron chi connectivity index (χ4n) is 6.03. The van der Waals surface area contributed by atoms with Crippen LogP contribution in [0.25, 0.3) is 10.9 Å². The highest BCUT2D eigenvalue weighted by Crippen LogP contribution is 2.49. The number of nitrogens with zero attached hydrogens (tertiary/aromatic N) is 2. The summed E-state index contributed by atoms with van der Waals surface area (Å²) in [5, 5.41) is 14.2. The molecule has 0 spiro atoms. The molecule has 0 radical (unpaired) electrons. The predicted octanol–water partition coefficient (Wildman–Crippen LogP) is 5.19. The zero-order valence-electron chi connectivity index (χ0n) is 24.7. The maximum Gasteiger partial charge on any atom is 0.422 e. The Morgan fingerprint density at radius 1 is 1.19 bits per heavy atom. The topological polar surface area (TPSA) is 147 Å². The number of piperidine rings is 1. The number of carboxylic acid groups (broad SMARTS) is 1. The van der Waals surface area contributed by atoms with E-state index in [0.717, 1.165) is 4.31 Å². The van der Waals surface area contributed by atoms with Crippen molar-refractivity contribution >= 4 is 62.3 Å². The Labute approximate surface area is 261 Å². The number of aromatic nitrogens is 1. The van der Waals surface area contributed by atoms with Gasteiger partial charge in [0, 0.05) is 42.0 Å². The number of benzene rings is 1. The Balaban J connectivity index is 1.78. The number of carbonyl (C=O) groups excluding carboxylic acids is 2. The first-order valence-corrected chi connectivity index (χ1v) is 16.0. The Morgan fingerprint density at radius 3 is 2.51 bits per heavy atom. The van der Waals surface area contributed by atoms with Crippen LogP contribution in [0.5, 0.6) is 0 Å². The van der Waals surface area contributed by atoms with Gasteiger partial charge in [-0.05, 0) is 64.7 Å². The number of rotatable bonds is 7. The van der Waals surface area contributed by atoms with E-state index in [4.69, 9.17) is 27.9 Å². The second kappa shape index (κ2) is 11.8. The molecule has 43 heavy (non-hydrogen) atoms. The number of carboxylic acids is 1. The molecule has 1 aliphatic heterocycles. The molecule has 0 saturated carbocycles. The number of fused-ring (bicyclic) bond motifs is 1. The molecular weight excluding hydrogens is 619 g/mol. The lowest BCUT2D eigenvalue weighted by molar-refractivity contribution is -0.133. The standard InChI is InChI=1S/C29H36Cl2N4O7S/c1-6-28(12-7-9-18(16-28)25(37)38)29(13-8-14-35(17-29)43(40,41)33-26(39)42-27(2,3)4)32-24(36)22-15-19-21(34(22)5)11-10-20(30)23(19)31/h7,9-12,15H,6,8,13-14,16-17H2,1-5H3,(H,32,36)(H,33,39)(H,37,38). The SMILES string of the molecule is CCC1(C2(NC(=O)c3cc4c(Cl)c(Cl)ccc4n3C)CCCN(S(=O)(=O)NC(=O)OC(C)(C)C)C2)C=CC=C(C(=O)O)C1. The van der Waals surface area contributed by atoms with Crippen molar-refractivity contribution in [2.45, 2.75) is 64.5 Å². The van der Waals surface area contributed by atoms with E-state index < -0.39 is 44.7 Å². The average molecular weight is 656 g/mol. The van der Waals surface area contributed by atoms with E-state index in [1.165, 1.54) is 6.08 Å². The van der Waals surface area contributed by atoms with Crippen molar-refractivity contribution in [3.8, 4) is 0 Å². The Kier molecular flexibility index (Phi) is 9.01. The maximum absolute atomic E-state index is 14.1. The molecule has 234 valence electrons. The Bertz CT molecular complexity index is 1640. The van der Waals surface area contributed by atoms with Gasteiger partial charge in [0.15, 0.2) is 0 Å². The second-order valence-corrected chi connectivity index (χ2v) is 14.5. The van der Waals surface area contributed by atoms with Gasteiger partial charge in [0.25, 0.3) is 5.91 Å². The Hall–Kier alpha value is -3.06. The molecule has 0 bridgehead atoms. The number of aryl methyl sites for hydroxylation is 1. The van der Waals surface area contributed by atoms with Crippen molar-refractivity contribution in [3.63, 3.8) is 0 Å². The first-order valence-electron chi connectivity index (χ1n) is 13.8. The van der Waals surface area contributed by atoms with Crippen molar-refractivity contribution in [1.29, 1.82) is 0 Å². The van der Waals surface area contributed by atoms with E-state index in [9.17, 15) is 27.9 Å². The van der Waals surface area contributed by atoms with Crippen molar-refractivity contribution in [2.24, 2.45) is 12.5 Å². The summed E-state index contributed by atoms with van der Waals surface area (Å²) < 4.78 is 36.8. The van der Waals surface area contributed by atoms with Crippen LogP contribution in [-0.2, 0) is 26.8 Å². The molecule has 2 aliphatic rings. The third-order valence-corrected chi connectivity index (χ3v) is 10.4. The molecule has 2 aromatic rings. The third-order valence-electron chi connectivity index (χ3n) is 8.18. The van der Waals surface area contributed by atoms with Crippen LogP contribution in [0.4, 0.5) is 4.79 Å². The summed E-state index contributed by atoms with van der Waals surface area (Å²) in [6, 6.07) is 5.00. The molecule has 1 fully saturated rings. The van der Waals surface area contributed by atoms with E-state index in [1.54, 1.807) is 56.7 Å². The van der Waals surface area contributed by atoms with Gasteiger partial charge in [-0.25, -0.2) is 14.3 Å². The zero-order valence-corrected chi connectivity index (χ0v) is 27.0. The molecule has 2 heterocycles. The third kappa shape index (κ3) is 6.43. The van der Waals surface area contributed by atoms with E-state index in [1.807, 2.05) is 17.7 Å². The van der Waals surface area contributed by atoms with E-state index in [0.29, 0.717) is 40.2 Å². The lowest BCUT2D eigenvalue weighted by atomic mass is 9.60. The van der Waals surface area contributed by atoms with Crippen LogP contribution in [0.1, 0.15) is 63.9 Å². The second-order valence-electron chi connectivity index (χ2n) is 12.0.